The van der Waals surface area contributed by atoms with Gasteiger partial charge >= 0.3 is 5.97 Å². The minimum absolute atomic E-state index is 0.0987. The highest BCUT2D eigenvalue weighted by molar-refractivity contribution is 5.69. The number of rotatable bonds is 8. The topological polar surface area (TPSA) is 137 Å². The minimum Gasteiger partial charge on any atom is -0.481 e. The lowest BCUT2D eigenvalue weighted by Crippen LogP contribution is -2.59. The molecule has 8 nitrogen and oxygen atoms in total. The van der Waals surface area contributed by atoms with Crippen molar-refractivity contribution in [1.82, 2.24) is 0 Å². The molecule has 0 aliphatic carbocycles. The molecule has 0 amide bonds. The highest BCUT2D eigenvalue weighted by Gasteiger charge is 2.43. The quantitative estimate of drug-likeness (QED) is 0.368. The van der Waals surface area contributed by atoms with Crippen molar-refractivity contribution in [2.45, 2.75) is 51.0 Å². The van der Waals surface area contributed by atoms with E-state index in [9.17, 15) is 20.1 Å². The second kappa shape index (κ2) is 9.87. The number of hydrogen-bond donors (Lipinski definition) is 5. The van der Waals surface area contributed by atoms with E-state index in [4.69, 9.17) is 19.7 Å². The summed E-state index contributed by atoms with van der Waals surface area (Å²) in [6, 6.07) is 0. The van der Waals surface area contributed by atoms with Gasteiger partial charge in [0, 0.05) is 0 Å². The Kier molecular flexibility index (Phi) is 8.54. The molecule has 0 aromatic heterocycles. The van der Waals surface area contributed by atoms with Crippen LogP contribution < -0.4 is 0 Å². The van der Waals surface area contributed by atoms with Gasteiger partial charge < -0.3 is 35.0 Å². The number of allylic oxidation sites excluding steroid dienone is 3. The summed E-state index contributed by atoms with van der Waals surface area (Å²) in [6.45, 7) is 2.98. The summed E-state index contributed by atoms with van der Waals surface area (Å²) in [7, 11) is 0. The Morgan fingerprint density at radius 3 is 2.50 bits per heavy atom. The van der Waals surface area contributed by atoms with Crippen LogP contribution in [0.4, 0.5) is 0 Å². The SMILES string of the molecule is C/C(=C\C=C\C[C@@H](C)C(=O)O)CO[C@@H]1O[C@H](CO)[C@@H](O)[C@H](O)[C@H]1O. The highest BCUT2D eigenvalue weighted by Crippen LogP contribution is 2.22. The molecule has 1 fully saturated rings. The summed E-state index contributed by atoms with van der Waals surface area (Å²) >= 11 is 0. The van der Waals surface area contributed by atoms with Crippen molar-refractivity contribution in [3.05, 3.63) is 23.8 Å². The summed E-state index contributed by atoms with van der Waals surface area (Å²) in [6.07, 6.45) is -0.895. The first kappa shape index (κ1) is 20.8. The van der Waals surface area contributed by atoms with Gasteiger partial charge in [0.15, 0.2) is 6.29 Å². The third-order valence-electron chi connectivity index (χ3n) is 3.75. The monoisotopic (exact) mass is 346 g/mol. The van der Waals surface area contributed by atoms with Crippen LogP contribution in [0.2, 0.25) is 0 Å². The van der Waals surface area contributed by atoms with Crippen LogP contribution in [-0.2, 0) is 14.3 Å². The van der Waals surface area contributed by atoms with Crippen LogP contribution in [0.15, 0.2) is 23.8 Å². The Hall–Kier alpha value is -1.29. The highest BCUT2D eigenvalue weighted by atomic mass is 16.7. The summed E-state index contributed by atoms with van der Waals surface area (Å²) < 4.78 is 10.6. The van der Waals surface area contributed by atoms with Gasteiger partial charge in [-0.3, -0.25) is 4.79 Å². The maximum Gasteiger partial charge on any atom is 0.306 e. The third-order valence-corrected chi connectivity index (χ3v) is 3.75. The second-order valence-electron chi connectivity index (χ2n) is 5.92. The maximum atomic E-state index is 10.7. The molecule has 0 radical (unpaired) electrons. The summed E-state index contributed by atoms with van der Waals surface area (Å²) in [5, 5.41) is 47.0. The van der Waals surface area contributed by atoms with Crippen molar-refractivity contribution in [3.8, 4) is 0 Å². The summed E-state index contributed by atoms with van der Waals surface area (Å²) in [4.78, 5) is 10.7. The van der Waals surface area contributed by atoms with E-state index < -0.39 is 49.2 Å². The fourth-order valence-electron chi connectivity index (χ4n) is 2.08. The van der Waals surface area contributed by atoms with Gasteiger partial charge in [-0.1, -0.05) is 25.2 Å². The van der Waals surface area contributed by atoms with Crippen molar-refractivity contribution in [2.24, 2.45) is 5.92 Å². The largest absolute Gasteiger partial charge is 0.481 e. The van der Waals surface area contributed by atoms with Crippen LogP contribution in [-0.4, -0.2) is 75.4 Å². The molecule has 1 saturated heterocycles. The Bertz CT molecular complexity index is 459. The van der Waals surface area contributed by atoms with E-state index in [1.54, 1.807) is 32.1 Å². The van der Waals surface area contributed by atoms with E-state index in [1.807, 2.05) is 0 Å². The molecule has 1 aliphatic heterocycles. The van der Waals surface area contributed by atoms with Gasteiger partial charge in [-0.25, -0.2) is 0 Å². The van der Waals surface area contributed by atoms with E-state index >= 15 is 0 Å². The van der Waals surface area contributed by atoms with Crippen LogP contribution >= 0.6 is 0 Å². The Morgan fingerprint density at radius 2 is 1.92 bits per heavy atom. The van der Waals surface area contributed by atoms with E-state index in [0.29, 0.717) is 6.42 Å². The molecule has 6 atom stereocenters. The lowest BCUT2D eigenvalue weighted by Gasteiger charge is -2.39. The van der Waals surface area contributed by atoms with Gasteiger partial charge in [-0.15, -0.1) is 0 Å². The van der Waals surface area contributed by atoms with E-state index in [-0.39, 0.29) is 6.61 Å². The van der Waals surface area contributed by atoms with Crippen LogP contribution in [0, 0.1) is 5.92 Å². The molecule has 0 unspecified atom stereocenters. The molecule has 0 saturated carbocycles. The third kappa shape index (κ3) is 5.97. The molecule has 138 valence electrons. The van der Waals surface area contributed by atoms with Gasteiger partial charge in [0.25, 0.3) is 0 Å². The van der Waals surface area contributed by atoms with Gasteiger partial charge in [0.05, 0.1) is 19.1 Å². The maximum absolute atomic E-state index is 10.7. The predicted molar refractivity (Wildman–Crippen MR) is 84.0 cm³/mol. The van der Waals surface area contributed by atoms with E-state index in [0.717, 1.165) is 5.57 Å². The molecule has 1 rings (SSSR count). The zero-order chi connectivity index (χ0) is 18.3. The Labute approximate surface area is 140 Å². The van der Waals surface area contributed by atoms with E-state index in [2.05, 4.69) is 0 Å². The molecule has 0 aromatic carbocycles. The van der Waals surface area contributed by atoms with Crippen molar-refractivity contribution in [3.63, 3.8) is 0 Å². The number of hydrogen-bond acceptors (Lipinski definition) is 7. The first-order valence-corrected chi connectivity index (χ1v) is 7.75. The number of aliphatic hydroxyl groups is 4. The molecular weight excluding hydrogens is 320 g/mol. The predicted octanol–water partition coefficient (Wildman–Crippen LogP) is -0.584. The lowest BCUT2D eigenvalue weighted by molar-refractivity contribution is -0.299. The molecule has 1 heterocycles. The van der Waals surface area contributed by atoms with E-state index in [1.165, 1.54) is 0 Å². The second-order valence-corrected chi connectivity index (χ2v) is 5.92. The molecule has 0 aromatic rings. The smallest absolute Gasteiger partial charge is 0.306 e. The molecular formula is C16H26O8. The lowest BCUT2D eigenvalue weighted by atomic mass is 9.99. The number of carboxylic acid groups (broad SMARTS) is 1. The molecule has 0 spiro atoms. The standard InChI is InChI=1S/C16H26O8/c1-9(5-3-4-6-10(2)15(21)22)8-23-16-14(20)13(19)12(18)11(7-17)24-16/h3-5,10-14,16-20H,6-8H2,1-2H3,(H,21,22)/b4-3+,9-5+/t10-,11-,12-,13+,14-,16-/m1/s1. The zero-order valence-electron chi connectivity index (χ0n) is 13.8. The van der Waals surface area contributed by atoms with Crippen LogP contribution in [0.3, 0.4) is 0 Å². The first-order valence-electron chi connectivity index (χ1n) is 7.75. The van der Waals surface area contributed by atoms with Gasteiger partial charge in [-0.05, 0) is 18.9 Å². The first-order chi connectivity index (χ1) is 11.3. The average Bonchev–Trinajstić information content (AvgIpc) is 2.55. The fourth-order valence-corrected chi connectivity index (χ4v) is 2.08. The Balaban J connectivity index is 2.47. The van der Waals surface area contributed by atoms with Crippen LogP contribution in [0.1, 0.15) is 20.3 Å². The van der Waals surface area contributed by atoms with Crippen LogP contribution in [0.25, 0.3) is 0 Å². The number of carboxylic acids is 1. The number of carbonyl (C=O) groups is 1. The summed E-state index contributed by atoms with van der Waals surface area (Å²) in [5.41, 5.74) is 0.784. The van der Waals surface area contributed by atoms with Crippen molar-refractivity contribution < 1.29 is 39.8 Å². The molecule has 0 bridgehead atoms. The average molecular weight is 346 g/mol. The number of aliphatic carboxylic acids is 1. The minimum atomic E-state index is -1.47. The molecule has 1 aliphatic rings. The van der Waals surface area contributed by atoms with Gasteiger partial charge in [0.1, 0.15) is 24.4 Å². The van der Waals surface area contributed by atoms with Crippen molar-refractivity contribution in [2.75, 3.05) is 13.2 Å². The Morgan fingerprint density at radius 1 is 1.25 bits per heavy atom. The molecule has 24 heavy (non-hydrogen) atoms. The zero-order valence-corrected chi connectivity index (χ0v) is 13.8. The van der Waals surface area contributed by atoms with Crippen molar-refractivity contribution >= 4 is 5.97 Å². The van der Waals surface area contributed by atoms with Crippen LogP contribution in [0.5, 0.6) is 0 Å². The van der Waals surface area contributed by atoms with Gasteiger partial charge in [0.2, 0.25) is 0 Å². The molecule has 5 N–H and O–H groups in total. The van der Waals surface area contributed by atoms with Crippen molar-refractivity contribution in [1.29, 1.82) is 0 Å². The normalized spacial score (nSPS) is 32.9. The number of ether oxygens (including phenoxy) is 2. The van der Waals surface area contributed by atoms with Gasteiger partial charge in [-0.2, -0.15) is 0 Å². The summed E-state index contributed by atoms with van der Waals surface area (Å²) in [5.74, 6) is -1.31. The molecule has 8 heteroatoms. The number of aliphatic hydroxyl groups excluding tert-OH is 4. The fraction of sp³-hybridized carbons (Fsp3) is 0.688.